The van der Waals surface area contributed by atoms with E-state index in [1.165, 1.54) is 7.11 Å². The van der Waals surface area contributed by atoms with Crippen molar-refractivity contribution in [2.24, 2.45) is 11.8 Å². The Morgan fingerprint density at radius 3 is 2.71 bits per heavy atom. The van der Waals surface area contributed by atoms with Gasteiger partial charge in [-0.05, 0) is 31.1 Å². The Kier molecular flexibility index (Phi) is 2.30. The van der Waals surface area contributed by atoms with Gasteiger partial charge >= 0.3 is 5.97 Å². The molecule has 0 aromatic rings. The maximum atomic E-state index is 11.3. The molecule has 1 saturated heterocycles. The molecule has 2 fully saturated rings. The number of hydrogen-bond donors (Lipinski definition) is 0. The molecule has 0 radical (unpaired) electrons. The van der Waals surface area contributed by atoms with E-state index in [-0.39, 0.29) is 17.7 Å². The van der Waals surface area contributed by atoms with Crippen LogP contribution in [-0.4, -0.2) is 24.8 Å². The fraction of sp³-hybridized carbons (Fsp3) is 0.909. The van der Waals surface area contributed by atoms with Crippen molar-refractivity contribution in [2.75, 3.05) is 7.11 Å². The molecule has 0 bridgehead atoms. The maximum absolute atomic E-state index is 11.3. The molecule has 0 aromatic carbocycles. The summed E-state index contributed by atoms with van der Waals surface area (Å²) in [5.41, 5.74) is -0.154. The van der Waals surface area contributed by atoms with E-state index >= 15 is 0 Å². The fourth-order valence-electron chi connectivity index (χ4n) is 2.52. The Labute approximate surface area is 84.8 Å². The lowest BCUT2D eigenvalue weighted by Gasteiger charge is -2.30. The van der Waals surface area contributed by atoms with Gasteiger partial charge in [-0.15, -0.1) is 0 Å². The van der Waals surface area contributed by atoms with Gasteiger partial charge in [-0.3, -0.25) is 0 Å². The summed E-state index contributed by atoms with van der Waals surface area (Å²) in [6, 6.07) is 0. The number of esters is 1. The molecule has 1 spiro atoms. The lowest BCUT2D eigenvalue weighted by molar-refractivity contribution is -0.142. The molecule has 3 nitrogen and oxygen atoms in total. The van der Waals surface area contributed by atoms with Gasteiger partial charge in [0.25, 0.3) is 0 Å². The summed E-state index contributed by atoms with van der Waals surface area (Å²) in [5.74, 6) is 1.20. The summed E-state index contributed by atoms with van der Waals surface area (Å²) < 4.78 is 10.2. The third kappa shape index (κ3) is 1.44. The lowest BCUT2D eigenvalue weighted by atomic mass is 9.74. The van der Waals surface area contributed by atoms with Gasteiger partial charge in [0, 0.05) is 0 Å². The van der Waals surface area contributed by atoms with E-state index in [2.05, 4.69) is 13.8 Å². The van der Waals surface area contributed by atoms with Crippen molar-refractivity contribution < 1.29 is 14.3 Å². The Balaban J connectivity index is 1.98. The van der Waals surface area contributed by atoms with Crippen LogP contribution in [-0.2, 0) is 14.3 Å². The van der Waals surface area contributed by atoms with E-state index in [4.69, 9.17) is 9.47 Å². The maximum Gasteiger partial charge on any atom is 0.338 e. The van der Waals surface area contributed by atoms with Crippen LogP contribution in [0.1, 0.15) is 33.1 Å². The van der Waals surface area contributed by atoms with Crippen molar-refractivity contribution >= 4 is 5.97 Å². The second-order valence-corrected chi connectivity index (χ2v) is 4.78. The predicted octanol–water partition coefficient (Wildman–Crippen LogP) is 1.75. The Bertz CT molecular complexity index is 251. The quantitative estimate of drug-likeness (QED) is 0.476. The zero-order valence-corrected chi connectivity index (χ0v) is 9.08. The highest BCUT2D eigenvalue weighted by atomic mass is 16.7. The van der Waals surface area contributed by atoms with Crippen LogP contribution in [0.4, 0.5) is 0 Å². The summed E-state index contributed by atoms with van der Waals surface area (Å²) in [6.07, 6.45) is 2.91. The highest BCUT2D eigenvalue weighted by Crippen LogP contribution is 2.51. The highest BCUT2D eigenvalue weighted by molar-refractivity contribution is 5.79. The van der Waals surface area contributed by atoms with Gasteiger partial charge in [-0.25, -0.2) is 4.79 Å². The summed E-state index contributed by atoms with van der Waals surface area (Å²) in [6.45, 7) is 4.51. The normalized spacial score (nSPS) is 46.4. The zero-order chi connectivity index (χ0) is 10.3. The van der Waals surface area contributed by atoms with Crippen LogP contribution in [0.15, 0.2) is 0 Å². The molecule has 0 N–H and O–H groups in total. The SMILES string of the molecule is COC(=O)C1OC12CCC(C)C(C)C2. The van der Waals surface area contributed by atoms with Gasteiger partial charge in [0.15, 0.2) is 6.10 Å². The minimum Gasteiger partial charge on any atom is -0.467 e. The van der Waals surface area contributed by atoms with Crippen LogP contribution in [0.2, 0.25) is 0 Å². The second kappa shape index (κ2) is 3.23. The molecule has 4 atom stereocenters. The minimum atomic E-state index is -0.276. The third-order valence-electron chi connectivity index (χ3n) is 3.85. The first kappa shape index (κ1) is 9.97. The van der Waals surface area contributed by atoms with E-state index in [1.807, 2.05) is 0 Å². The van der Waals surface area contributed by atoms with E-state index in [0.29, 0.717) is 5.92 Å². The van der Waals surface area contributed by atoms with Crippen molar-refractivity contribution in [3.05, 3.63) is 0 Å². The first-order valence-corrected chi connectivity index (χ1v) is 5.35. The van der Waals surface area contributed by atoms with Crippen LogP contribution in [0.5, 0.6) is 0 Å². The molecular weight excluding hydrogens is 180 g/mol. The van der Waals surface area contributed by atoms with E-state index in [1.54, 1.807) is 0 Å². The molecule has 1 heterocycles. The molecular formula is C11H18O3. The molecule has 1 aliphatic heterocycles. The van der Waals surface area contributed by atoms with Crippen molar-refractivity contribution in [1.82, 2.24) is 0 Å². The van der Waals surface area contributed by atoms with Crippen molar-refractivity contribution in [1.29, 1.82) is 0 Å². The minimum absolute atomic E-state index is 0.154. The Morgan fingerprint density at radius 2 is 2.14 bits per heavy atom. The topological polar surface area (TPSA) is 38.8 Å². The van der Waals surface area contributed by atoms with E-state index in [9.17, 15) is 4.79 Å². The standard InChI is InChI=1S/C11H18O3/c1-7-4-5-11(6-8(7)2)9(14-11)10(12)13-3/h7-9H,4-6H2,1-3H3. The molecule has 2 rings (SSSR count). The molecule has 14 heavy (non-hydrogen) atoms. The van der Waals surface area contributed by atoms with Gasteiger partial charge in [0.2, 0.25) is 0 Å². The van der Waals surface area contributed by atoms with Crippen LogP contribution in [0, 0.1) is 11.8 Å². The van der Waals surface area contributed by atoms with Gasteiger partial charge < -0.3 is 9.47 Å². The molecule has 1 aliphatic carbocycles. The first-order valence-electron chi connectivity index (χ1n) is 5.35. The largest absolute Gasteiger partial charge is 0.467 e. The second-order valence-electron chi connectivity index (χ2n) is 4.78. The van der Waals surface area contributed by atoms with E-state index < -0.39 is 0 Å². The highest BCUT2D eigenvalue weighted by Gasteiger charge is 2.62. The molecule has 3 heteroatoms. The van der Waals surface area contributed by atoms with Gasteiger partial charge in [-0.2, -0.15) is 0 Å². The van der Waals surface area contributed by atoms with Gasteiger partial charge in [-0.1, -0.05) is 13.8 Å². The average Bonchev–Trinajstić information content (AvgIpc) is 2.86. The monoisotopic (exact) mass is 198 g/mol. The first-order chi connectivity index (χ1) is 6.59. The van der Waals surface area contributed by atoms with Gasteiger partial charge in [0.05, 0.1) is 7.11 Å². The molecule has 80 valence electrons. The van der Waals surface area contributed by atoms with Crippen LogP contribution >= 0.6 is 0 Å². The zero-order valence-electron chi connectivity index (χ0n) is 9.08. The summed E-state index contributed by atoms with van der Waals surface area (Å²) >= 11 is 0. The average molecular weight is 198 g/mol. The van der Waals surface area contributed by atoms with Crippen LogP contribution < -0.4 is 0 Å². The molecule has 1 saturated carbocycles. The van der Waals surface area contributed by atoms with Crippen molar-refractivity contribution in [2.45, 2.75) is 44.8 Å². The van der Waals surface area contributed by atoms with E-state index in [0.717, 1.165) is 25.2 Å². The fourth-order valence-corrected chi connectivity index (χ4v) is 2.52. The molecule has 0 amide bonds. The van der Waals surface area contributed by atoms with Crippen molar-refractivity contribution in [3.63, 3.8) is 0 Å². The summed E-state index contributed by atoms with van der Waals surface area (Å²) in [5, 5.41) is 0. The third-order valence-corrected chi connectivity index (χ3v) is 3.85. The van der Waals surface area contributed by atoms with Gasteiger partial charge in [0.1, 0.15) is 5.60 Å². The lowest BCUT2D eigenvalue weighted by Crippen LogP contribution is -2.31. The number of carbonyl (C=O) groups excluding carboxylic acids is 1. The van der Waals surface area contributed by atoms with Crippen molar-refractivity contribution in [3.8, 4) is 0 Å². The number of hydrogen-bond acceptors (Lipinski definition) is 3. The number of rotatable bonds is 1. The summed E-state index contributed by atoms with van der Waals surface area (Å²) in [7, 11) is 1.42. The molecule has 4 unspecified atom stereocenters. The smallest absolute Gasteiger partial charge is 0.338 e. The Morgan fingerprint density at radius 1 is 1.43 bits per heavy atom. The molecule has 0 aromatic heterocycles. The van der Waals surface area contributed by atoms with Crippen LogP contribution in [0.3, 0.4) is 0 Å². The predicted molar refractivity (Wildman–Crippen MR) is 51.8 cm³/mol. The Hall–Kier alpha value is -0.570. The number of ether oxygens (including phenoxy) is 2. The number of epoxide rings is 1. The number of methoxy groups -OCH3 is 1. The number of carbonyl (C=O) groups is 1. The summed E-state index contributed by atoms with van der Waals surface area (Å²) in [4.78, 5) is 11.3. The molecule has 2 aliphatic rings. The van der Waals surface area contributed by atoms with Crippen LogP contribution in [0.25, 0.3) is 0 Å².